The molecule has 18 heavy (non-hydrogen) atoms. The van der Waals surface area contributed by atoms with Crippen molar-refractivity contribution in [1.29, 1.82) is 0 Å². The minimum atomic E-state index is -4.53. The van der Waals surface area contributed by atoms with E-state index in [0.717, 1.165) is 6.07 Å². The van der Waals surface area contributed by atoms with Crippen molar-refractivity contribution in [3.63, 3.8) is 0 Å². The number of halogens is 4. The second-order valence-corrected chi connectivity index (χ2v) is 3.49. The molecule has 0 saturated heterocycles. The molecule has 0 aliphatic heterocycles. The normalized spacial score (nSPS) is 12.0. The van der Waals surface area contributed by atoms with Gasteiger partial charge in [0.05, 0.1) is 11.1 Å². The summed E-state index contributed by atoms with van der Waals surface area (Å²) in [6.07, 6.45) is -4.53. The van der Waals surface area contributed by atoms with E-state index in [1.165, 1.54) is 0 Å². The van der Waals surface area contributed by atoms with Gasteiger partial charge in [0.1, 0.15) is 17.9 Å². The summed E-state index contributed by atoms with van der Waals surface area (Å²) in [4.78, 5) is 10.6. The summed E-state index contributed by atoms with van der Waals surface area (Å²) in [6.45, 7) is -1.42. The molecule has 0 amide bonds. The van der Waals surface area contributed by atoms with Crippen molar-refractivity contribution in [2.75, 3.05) is 0 Å². The summed E-state index contributed by atoms with van der Waals surface area (Å²) in [5.74, 6) is -2.67. The predicted octanol–water partition coefficient (Wildman–Crippen LogP) is 1.83. The fourth-order valence-corrected chi connectivity index (χ4v) is 1.44. The highest BCUT2D eigenvalue weighted by Crippen LogP contribution is 2.22. The van der Waals surface area contributed by atoms with Crippen LogP contribution in [0.2, 0.25) is 0 Å². The molecule has 5 nitrogen and oxygen atoms in total. The van der Waals surface area contributed by atoms with E-state index in [2.05, 4.69) is 10.3 Å². The van der Waals surface area contributed by atoms with Crippen LogP contribution in [0, 0.1) is 5.82 Å². The standard InChI is InChI=1S/C9H5F4N3O2/c10-5-2-7-6(1-4(5)8(17)18)14-15-16(7)3-9(11,12)13/h1-2H,3H2,(H,17,18). The first-order valence-electron chi connectivity index (χ1n) is 4.61. The topological polar surface area (TPSA) is 68.0 Å². The molecule has 2 rings (SSSR count). The molecule has 1 heterocycles. The molecule has 1 aromatic carbocycles. The summed E-state index contributed by atoms with van der Waals surface area (Å²) >= 11 is 0. The van der Waals surface area contributed by atoms with Gasteiger partial charge in [-0.2, -0.15) is 13.2 Å². The monoisotopic (exact) mass is 263 g/mol. The van der Waals surface area contributed by atoms with Crippen molar-refractivity contribution in [2.45, 2.75) is 12.7 Å². The van der Waals surface area contributed by atoms with Crippen LogP contribution in [-0.4, -0.2) is 32.2 Å². The Morgan fingerprint density at radius 2 is 2.06 bits per heavy atom. The highest BCUT2D eigenvalue weighted by molar-refractivity contribution is 5.92. The lowest BCUT2D eigenvalue weighted by molar-refractivity contribution is -0.142. The third-order valence-corrected chi connectivity index (χ3v) is 2.16. The van der Waals surface area contributed by atoms with Crippen LogP contribution in [0.3, 0.4) is 0 Å². The second kappa shape index (κ2) is 3.93. The number of aromatic nitrogens is 3. The number of benzene rings is 1. The van der Waals surface area contributed by atoms with Crippen LogP contribution in [0.5, 0.6) is 0 Å². The zero-order valence-electron chi connectivity index (χ0n) is 8.57. The molecular formula is C9H5F4N3O2. The molecule has 0 aliphatic carbocycles. The molecule has 2 aromatic rings. The minimum absolute atomic E-state index is 0.113. The molecule has 0 saturated carbocycles. The van der Waals surface area contributed by atoms with Crippen molar-refractivity contribution in [2.24, 2.45) is 0 Å². The minimum Gasteiger partial charge on any atom is -0.478 e. The van der Waals surface area contributed by atoms with E-state index >= 15 is 0 Å². The molecule has 0 atom stereocenters. The van der Waals surface area contributed by atoms with E-state index in [1.54, 1.807) is 0 Å². The number of fused-ring (bicyclic) bond motifs is 1. The SMILES string of the molecule is O=C(O)c1cc2nnn(CC(F)(F)F)c2cc1F. The highest BCUT2D eigenvalue weighted by Gasteiger charge is 2.30. The molecule has 9 heteroatoms. The summed E-state index contributed by atoms with van der Waals surface area (Å²) in [6, 6.07) is 1.51. The summed E-state index contributed by atoms with van der Waals surface area (Å²) in [7, 11) is 0. The van der Waals surface area contributed by atoms with Crippen LogP contribution in [-0.2, 0) is 6.54 Å². The molecule has 0 spiro atoms. The van der Waals surface area contributed by atoms with E-state index in [-0.39, 0.29) is 11.0 Å². The molecule has 0 aliphatic rings. The molecule has 0 unspecified atom stereocenters. The fraction of sp³-hybridized carbons (Fsp3) is 0.222. The Hall–Kier alpha value is -2.19. The number of hydrogen-bond donors (Lipinski definition) is 1. The van der Waals surface area contributed by atoms with Gasteiger partial charge in [0, 0.05) is 6.07 Å². The smallest absolute Gasteiger partial charge is 0.408 e. The van der Waals surface area contributed by atoms with Gasteiger partial charge in [0.15, 0.2) is 0 Å². The summed E-state index contributed by atoms with van der Waals surface area (Å²) < 4.78 is 50.3. The number of alkyl halides is 3. The maximum Gasteiger partial charge on any atom is 0.408 e. The maximum absolute atomic E-state index is 13.3. The van der Waals surface area contributed by atoms with Crippen LogP contribution in [0.1, 0.15) is 10.4 Å². The number of hydrogen-bond acceptors (Lipinski definition) is 3. The van der Waals surface area contributed by atoms with E-state index in [1.807, 2.05) is 0 Å². The first kappa shape index (κ1) is 12.3. The van der Waals surface area contributed by atoms with Crippen molar-refractivity contribution >= 4 is 17.0 Å². The Kier molecular flexibility index (Phi) is 2.68. The average molecular weight is 263 g/mol. The number of nitrogens with zero attached hydrogens (tertiary/aromatic N) is 3. The molecule has 96 valence electrons. The number of carbonyl (C=O) groups is 1. The van der Waals surface area contributed by atoms with Crippen LogP contribution in [0.15, 0.2) is 12.1 Å². The summed E-state index contributed by atoms with van der Waals surface area (Å²) in [5, 5.41) is 15.2. The number of carboxylic acid groups (broad SMARTS) is 1. The van der Waals surface area contributed by atoms with Gasteiger partial charge in [-0.1, -0.05) is 5.21 Å². The second-order valence-electron chi connectivity index (χ2n) is 3.49. The van der Waals surface area contributed by atoms with E-state index in [4.69, 9.17) is 5.11 Å². The Morgan fingerprint density at radius 3 is 2.61 bits per heavy atom. The molecule has 1 N–H and O–H groups in total. The first-order valence-corrected chi connectivity index (χ1v) is 4.61. The van der Waals surface area contributed by atoms with Crippen molar-refractivity contribution in [3.8, 4) is 0 Å². The Balaban J connectivity index is 2.55. The molecule has 0 fully saturated rings. The number of aromatic carboxylic acids is 1. The van der Waals surface area contributed by atoms with Crippen LogP contribution >= 0.6 is 0 Å². The van der Waals surface area contributed by atoms with Gasteiger partial charge in [-0.15, -0.1) is 5.10 Å². The van der Waals surface area contributed by atoms with Crippen molar-refractivity contribution in [1.82, 2.24) is 15.0 Å². The zero-order chi connectivity index (χ0) is 13.5. The van der Waals surface area contributed by atoms with Crippen LogP contribution in [0.4, 0.5) is 17.6 Å². The maximum atomic E-state index is 13.3. The third kappa shape index (κ3) is 2.24. The Bertz CT molecular complexity index is 620. The van der Waals surface area contributed by atoms with Gasteiger partial charge in [-0.3, -0.25) is 0 Å². The largest absolute Gasteiger partial charge is 0.478 e. The Morgan fingerprint density at radius 1 is 1.39 bits per heavy atom. The lowest BCUT2D eigenvalue weighted by Gasteiger charge is -2.06. The lowest BCUT2D eigenvalue weighted by atomic mass is 10.2. The van der Waals surface area contributed by atoms with Crippen molar-refractivity contribution < 1.29 is 27.5 Å². The Labute approximate surface area is 96.6 Å². The molecule has 0 bridgehead atoms. The first-order chi connectivity index (χ1) is 8.28. The van der Waals surface area contributed by atoms with Crippen molar-refractivity contribution in [3.05, 3.63) is 23.5 Å². The molecular weight excluding hydrogens is 258 g/mol. The third-order valence-electron chi connectivity index (χ3n) is 2.16. The zero-order valence-corrected chi connectivity index (χ0v) is 8.57. The van der Waals surface area contributed by atoms with Gasteiger partial charge < -0.3 is 5.11 Å². The van der Waals surface area contributed by atoms with Gasteiger partial charge in [-0.25, -0.2) is 13.9 Å². The van der Waals surface area contributed by atoms with Crippen LogP contribution in [0.25, 0.3) is 11.0 Å². The number of carboxylic acids is 1. The lowest BCUT2D eigenvalue weighted by Crippen LogP contribution is -2.18. The van der Waals surface area contributed by atoms with Gasteiger partial charge in [-0.05, 0) is 6.07 Å². The van der Waals surface area contributed by atoms with E-state index < -0.39 is 30.1 Å². The predicted molar refractivity (Wildman–Crippen MR) is 50.5 cm³/mol. The average Bonchev–Trinajstić information content (AvgIpc) is 2.57. The van der Waals surface area contributed by atoms with Crippen LogP contribution < -0.4 is 0 Å². The van der Waals surface area contributed by atoms with E-state index in [9.17, 15) is 22.4 Å². The molecule has 0 radical (unpaired) electrons. The quantitative estimate of drug-likeness (QED) is 0.839. The van der Waals surface area contributed by atoms with Gasteiger partial charge in [0.25, 0.3) is 0 Å². The summed E-state index contributed by atoms with van der Waals surface area (Å²) in [5.41, 5.74) is -0.991. The molecule has 1 aromatic heterocycles. The van der Waals surface area contributed by atoms with Gasteiger partial charge >= 0.3 is 12.1 Å². The number of rotatable bonds is 2. The fourth-order valence-electron chi connectivity index (χ4n) is 1.44. The highest BCUT2D eigenvalue weighted by atomic mass is 19.4. The van der Waals surface area contributed by atoms with Gasteiger partial charge in [0.2, 0.25) is 0 Å². The van der Waals surface area contributed by atoms with E-state index in [0.29, 0.717) is 10.7 Å².